The van der Waals surface area contributed by atoms with Crippen molar-refractivity contribution in [3.8, 4) is 0 Å². The van der Waals surface area contributed by atoms with Crippen molar-refractivity contribution < 1.29 is 9.18 Å². The van der Waals surface area contributed by atoms with Gasteiger partial charge in [0.25, 0.3) is 5.91 Å². The van der Waals surface area contributed by atoms with Gasteiger partial charge in [-0.15, -0.1) is 0 Å². The summed E-state index contributed by atoms with van der Waals surface area (Å²) in [5.41, 5.74) is 0.585. The number of amides is 1. The molecule has 0 bridgehead atoms. The summed E-state index contributed by atoms with van der Waals surface area (Å²) < 4.78 is 13.8. The van der Waals surface area contributed by atoms with E-state index in [9.17, 15) is 9.18 Å². The van der Waals surface area contributed by atoms with Crippen LogP contribution in [0.3, 0.4) is 0 Å². The molecule has 4 heteroatoms. The summed E-state index contributed by atoms with van der Waals surface area (Å²) in [6, 6.07) is 14.0. The molecule has 0 aromatic heterocycles. The minimum Gasteiger partial charge on any atom is -0.342 e. The number of benzene rings is 2. The zero-order chi connectivity index (χ0) is 14.2. The minimum atomic E-state index is -0.598. The molecule has 0 radical (unpaired) electrons. The topological polar surface area (TPSA) is 29.1 Å². The number of rotatable bonds is 3. The average Bonchev–Trinajstić information content (AvgIpc) is 3.20. The van der Waals surface area contributed by atoms with E-state index in [2.05, 4.69) is 5.32 Å². The van der Waals surface area contributed by atoms with Crippen molar-refractivity contribution in [2.75, 3.05) is 0 Å². The summed E-state index contributed by atoms with van der Waals surface area (Å²) in [6.07, 6.45) is 1.71. The van der Waals surface area contributed by atoms with Crippen LogP contribution < -0.4 is 5.32 Å². The Bertz CT molecular complexity index is 633. The van der Waals surface area contributed by atoms with E-state index in [-0.39, 0.29) is 16.1 Å². The largest absolute Gasteiger partial charge is 0.342 e. The summed E-state index contributed by atoms with van der Waals surface area (Å²) >= 11 is 5.92. The van der Waals surface area contributed by atoms with Gasteiger partial charge in [0.05, 0.1) is 16.1 Å². The molecule has 0 heterocycles. The number of hydrogen-bond acceptors (Lipinski definition) is 1. The molecule has 20 heavy (non-hydrogen) atoms. The summed E-state index contributed by atoms with van der Waals surface area (Å²) in [7, 11) is 0. The van der Waals surface area contributed by atoms with E-state index in [4.69, 9.17) is 11.6 Å². The third kappa shape index (κ3) is 2.29. The van der Waals surface area contributed by atoms with Gasteiger partial charge in [-0.3, -0.25) is 4.79 Å². The van der Waals surface area contributed by atoms with E-state index in [1.807, 2.05) is 30.3 Å². The van der Waals surface area contributed by atoms with Gasteiger partial charge in [0, 0.05) is 0 Å². The van der Waals surface area contributed by atoms with E-state index >= 15 is 0 Å². The second-order valence-corrected chi connectivity index (χ2v) is 5.41. The van der Waals surface area contributed by atoms with Crippen molar-refractivity contribution >= 4 is 17.5 Å². The normalized spacial score (nSPS) is 15.7. The highest BCUT2D eigenvalue weighted by molar-refractivity contribution is 6.33. The summed E-state index contributed by atoms with van der Waals surface area (Å²) in [5, 5.41) is 3.05. The molecule has 102 valence electrons. The third-order valence-electron chi connectivity index (χ3n) is 3.62. The molecule has 3 rings (SSSR count). The van der Waals surface area contributed by atoms with Crippen molar-refractivity contribution in [2.24, 2.45) is 0 Å². The molecule has 0 spiro atoms. The van der Waals surface area contributed by atoms with Gasteiger partial charge in [0.15, 0.2) is 0 Å². The molecular formula is C16H13ClFNO. The van der Waals surface area contributed by atoms with E-state index in [1.165, 1.54) is 18.2 Å². The lowest BCUT2D eigenvalue weighted by Gasteiger charge is -2.18. The molecule has 2 aromatic carbocycles. The summed E-state index contributed by atoms with van der Waals surface area (Å²) in [6.45, 7) is 0. The van der Waals surface area contributed by atoms with Gasteiger partial charge in [-0.2, -0.15) is 0 Å². The molecule has 1 aliphatic carbocycles. The Hall–Kier alpha value is -1.87. The minimum absolute atomic E-state index is 0.0867. The van der Waals surface area contributed by atoms with Crippen LogP contribution in [0, 0.1) is 5.82 Å². The molecule has 1 aliphatic rings. The highest BCUT2D eigenvalue weighted by Gasteiger charge is 2.46. The first-order valence-electron chi connectivity index (χ1n) is 6.44. The number of nitrogens with one attached hydrogen (secondary N) is 1. The van der Waals surface area contributed by atoms with Crippen LogP contribution in [0.1, 0.15) is 28.8 Å². The van der Waals surface area contributed by atoms with Crippen molar-refractivity contribution in [1.82, 2.24) is 5.32 Å². The standard InChI is InChI=1S/C16H13ClFNO/c17-12-7-4-8-13(18)14(12)15(20)19-16(9-10-16)11-5-2-1-3-6-11/h1-8H,9-10H2,(H,19,20). The van der Waals surface area contributed by atoms with Crippen LogP contribution in [0.25, 0.3) is 0 Å². The Labute approximate surface area is 121 Å². The van der Waals surface area contributed by atoms with Crippen LogP contribution in [-0.4, -0.2) is 5.91 Å². The number of hydrogen-bond donors (Lipinski definition) is 1. The van der Waals surface area contributed by atoms with Crippen LogP contribution in [0.15, 0.2) is 48.5 Å². The predicted octanol–water partition coefficient (Wildman–Crippen LogP) is 3.90. The quantitative estimate of drug-likeness (QED) is 0.912. The van der Waals surface area contributed by atoms with Gasteiger partial charge >= 0.3 is 0 Å². The van der Waals surface area contributed by atoms with Gasteiger partial charge in [-0.1, -0.05) is 48.0 Å². The Morgan fingerprint density at radius 2 is 1.80 bits per heavy atom. The zero-order valence-electron chi connectivity index (χ0n) is 10.7. The number of carbonyl (C=O) groups is 1. The van der Waals surface area contributed by atoms with Crippen LogP contribution >= 0.6 is 11.6 Å². The third-order valence-corrected chi connectivity index (χ3v) is 3.93. The Balaban J connectivity index is 1.87. The first kappa shape index (κ1) is 13.1. The predicted molar refractivity (Wildman–Crippen MR) is 76.2 cm³/mol. The Morgan fingerprint density at radius 1 is 1.10 bits per heavy atom. The SMILES string of the molecule is O=C(NC1(c2ccccc2)CC1)c1c(F)cccc1Cl. The molecule has 0 atom stereocenters. The molecule has 1 saturated carbocycles. The summed E-state index contributed by atoms with van der Waals surface area (Å²) in [4.78, 5) is 12.3. The molecule has 1 N–H and O–H groups in total. The fraction of sp³-hybridized carbons (Fsp3) is 0.188. The summed E-state index contributed by atoms with van der Waals surface area (Å²) in [5.74, 6) is -1.06. The number of carbonyl (C=O) groups excluding carboxylic acids is 1. The fourth-order valence-corrected chi connectivity index (χ4v) is 2.61. The van der Waals surface area contributed by atoms with Crippen molar-refractivity contribution in [3.63, 3.8) is 0 Å². The molecule has 2 nitrogen and oxygen atoms in total. The van der Waals surface area contributed by atoms with Crippen LogP contribution in [0.2, 0.25) is 5.02 Å². The Kier molecular flexibility index (Phi) is 3.22. The van der Waals surface area contributed by atoms with Crippen LogP contribution in [0.4, 0.5) is 4.39 Å². The molecule has 1 amide bonds. The molecule has 2 aromatic rings. The van der Waals surface area contributed by atoms with E-state index in [0.717, 1.165) is 18.4 Å². The second-order valence-electron chi connectivity index (χ2n) is 5.00. The van der Waals surface area contributed by atoms with Crippen molar-refractivity contribution in [3.05, 3.63) is 70.5 Å². The first-order chi connectivity index (χ1) is 9.62. The van der Waals surface area contributed by atoms with Gasteiger partial charge in [0.1, 0.15) is 5.82 Å². The molecule has 0 unspecified atom stereocenters. The lowest BCUT2D eigenvalue weighted by molar-refractivity contribution is 0.0927. The smallest absolute Gasteiger partial charge is 0.256 e. The van der Waals surface area contributed by atoms with Crippen LogP contribution in [0.5, 0.6) is 0 Å². The second kappa shape index (κ2) is 4.91. The van der Waals surface area contributed by atoms with E-state index in [1.54, 1.807) is 0 Å². The molecule has 0 saturated heterocycles. The molecular weight excluding hydrogens is 277 g/mol. The maximum absolute atomic E-state index is 13.8. The van der Waals surface area contributed by atoms with Gasteiger partial charge in [-0.05, 0) is 30.5 Å². The molecule has 1 fully saturated rings. The van der Waals surface area contributed by atoms with Crippen molar-refractivity contribution in [1.29, 1.82) is 0 Å². The zero-order valence-corrected chi connectivity index (χ0v) is 11.5. The highest BCUT2D eigenvalue weighted by atomic mass is 35.5. The highest BCUT2D eigenvalue weighted by Crippen LogP contribution is 2.45. The number of halogens is 2. The maximum atomic E-state index is 13.8. The van der Waals surface area contributed by atoms with Crippen LogP contribution in [-0.2, 0) is 5.54 Å². The van der Waals surface area contributed by atoms with E-state index in [0.29, 0.717) is 0 Å². The van der Waals surface area contributed by atoms with E-state index < -0.39 is 11.7 Å². The van der Waals surface area contributed by atoms with Gasteiger partial charge < -0.3 is 5.32 Å². The van der Waals surface area contributed by atoms with Gasteiger partial charge in [-0.25, -0.2) is 4.39 Å². The average molecular weight is 290 g/mol. The lowest BCUT2D eigenvalue weighted by Crippen LogP contribution is -2.35. The molecule has 0 aliphatic heterocycles. The van der Waals surface area contributed by atoms with Gasteiger partial charge in [0.2, 0.25) is 0 Å². The maximum Gasteiger partial charge on any atom is 0.256 e. The fourth-order valence-electron chi connectivity index (χ4n) is 2.36. The Morgan fingerprint density at radius 3 is 2.40 bits per heavy atom. The lowest BCUT2D eigenvalue weighted by atomic mass is 10.0. The monoisotopic (exact) mass is 289 g/mol. The van der Waals surface area contributed by atoms with Crippen molar-refractivity contribution in [2.45, 2.75) is 18.4 Å². The first-order valence-corrected chi connectivity index (χ1v) is 6.82.